The summed E-state index contributed by atoms with van der Waals surface area (Å²) >= 11 is 3.39. The van der Waals surface area contributed by atoms with Crippen LogP contribution in [0.15, 0.2) is 28.7 Å². The topological polar surface area (TPSA) is 58.4 Å². The van der Waals surface area contributed by atoms with Crippen LogP contribution < -0.4 is 11.1 Å². The van der Waals surface area contributed by atoms with Crippen molar-refractivity contribution >= 4 is 21.8 Å². The fourth-order valence-corrected chi connectivity index (χ4v) is 2.40. The number of primary amides is 1. The van der Waals surface area contributed by atoms with Gasteiger partial charge in [-0.3, -0.25) is 9.69 Å². The van der Waals surface area contributed by atoms with Crippen LogP contribution in [0.25, 0.3) is 0 Å². The van der Waals surface area contributed by atoms with E-state index in [1.807, 2.05) is 24.3 Å². The van der Waals surface area contributed by atoms with E-state index in [0.717, 1.165) is 36.2 Å². The molecule has 1 amide bonds. The zero-order valence-corrected chi connectivity index (χ0v) is 11.1. The third-order valence-electron chi connectivity index (χ3n) is 2.97. The van der Waals surface area contributed by atoms with Crippen molar-refractivity contribution in [3.63, 3.8) is 0 Å². The van der Waals surface area contributed by atoms with Crippen LogP contribution in [0.1, 0.15) is 11.6 Å². The third-order valence-corrected chi connectivity index (χ3v) is 3.50. The van der Waals surface area contributed by atoms with E-state index in [2.05, 4.69) is 26.1 Å². The van der Waals surface area contributed by atoms with Crippen LogP contribution in [0.5, 0.6) is 0 Å². The second-order valence-electron chi connectivity index (χ2n) is 4.14. The lowest BCUT2D eigenvalue weighted by molar-refractivity contribution is -0.123. The molecule has 1 aromatic carbocycles. The highest BCUT2D eigenvalue weighted by molar-refractivity contribution is 9.10. The Morgan fingerprint density at radius 1 is 1.29 bits per heavy atom. The Kier molecular flexibility index (Phi) is 4.15. The van der Waals surface area contributed by atoms with Crippen LogP contribution in [0, 0.1) is 0 Å². The van der Waals surface area contributed by atoms with Gasteiger partial charge < -0.3 is 11.1 Å². The van der Waals surface area contributed by atoms with Gasteiger partial charge in [0.25, 0.3) is 0 Å². The third kappa shape index (κ3) is 3.06. The summed E-state index contributed by atoms with van der Waals surface area (Å²) in [5, 5.41) is 3.27. The van der Waals surface area contributed by atoms with Crippen molar-refractivity contribution in [1.82, 2.24) is 10.2 Å². The van der Waals surface area contributed by atoms with Gasteiger partial charge in [-0.1, -0.05) is 28.1 Å². The standard InChI is InChI=1S/C12H16BrN3O/c13-10-3-1-9(2-4-10)11(12(14)17)16-7-5-15-6-8-16/h1-4,11,15H,5-8H2,(H2,14,17). The van der Waals surface area contributed by atoms with E-state index in [4.69, 9.17) is 5.73 Å². The van der Waals surface area contributed by atoms with Crippen molar-refractivity contribution in [2.75, 3.05) is 26.2 Å². The SMILES string of the molecule is NC(=O)C(c1ccc(Br)cc1)N1CCNCC1. The molecule has 1 aromatic rings. The summed E-state index contributed by atoms with van der Waals surface area (Å²) in [7, 11) is 0. The van der Waals surface area contributed by atoms with Crippen molar-refractivity contribution < 1.29 is 4.79 Å². The lowest BCUT2D eigenvalue weighted by Gasteiger charge is -2.33. The zero-order chi connectivity index (χ0) is 12.3. The van der Waals surface area contributed by atoms with Gasteiger partial charge >= 0.3 is 0 Å². The first kappa shape index (κ1) is 12.5. The van der Waals surface area contributed by atoms with Crippen LogP contribution >= 0.6 is 15.9 Å². The number of nitrogens with zero attached hydrogens (tertiary/aromatic N) is 1. The van der Waals surface area contributed by atoms with Crippen LogP contribution in [0.2, 0.25) is 0 Å². The molecule has 1 atom stereocenters. The maximum Gasteiger partial charge on any atom is 0.239 e. The first-order chi connectivity index (χ1) is 8.18. The van der Waals surface area contributed by atoms with E-state index in [0.29, 0.717) is 0 Å². The number of carbonyl (C=O) groups is 1. The maximum atomic E-state index is 11.6. The summed E-state index contributed by atoms with van der Waals surface area (Å²) in [6.45, 7) is 3.51. The minimum absolute atomic E-state index is 0.283. The molecule has 0 bridgehead atoms. The van der Waals surface area contributed by atoms with Crippen molar-refractivity contribution in [2.24, 2.45) is 5.73 Å². The second kappa shape index (κ2) is 5.62. The summed E-state index contributed by atoms with van der Waals surface area (Å²) in [6.07, 6.45) is 0. The highest BCUT2D eigenvalue weighted by atomic mass is 79.9. The van der Waals surface area contributed by atoms with E-state index in [1.165, 1.54) is 0 Å². The molecule has 1 unspecified atom stereocenters. The van der Waals surface area contributed by atoms with Gasteiger partial charge in [-0.15, -0.1) is 0 Å². The fraction of sp³-hybridized carbons (Fsp3) is 0.417. The summed E-state index contributed by atoms with van der Waals surface area (Å²) in [6, 6.07) is 7.45. The van der Waals surface area contributed by atoms with Crippen LogP contribution in [0.3, 0.4) is 0 Å². The van der Waals surface area contributed by atoms with Gasteiger partial charge in [0.05, 0.1) is 0 Å². The molecule has 17 heavy (non-hydrogen) atoms. The molecule has 1 saturated heterocycles. The molecule has 1 fully saturated rings. The number of halogens is 1. The van der Waals surface area contributed by atoms with Gasteiger partial charge in [-0.2, -0.15) is 0 Å². The van der Waals surface area contributed by atoms with Crippen molar-refractivity contribution in [3.05, 3.63) is 34.3 Å². The molecular formula is C12H16BrN3O. The zero-order valence-electron chi connectivity index (χ0n) is 9.53. The number of nitrogens with one attached hydrogen (secondary N) is 1. The number of benzene rings is 1. The molecule has 4 nitrogen and oxygen atoms in total. The first-order valence-electron chi connectivity index (χ1n) is 5.68. The lowest BCUT2D eigenvalue weighted by Crippen LogP contribution is -2.48. The molecule has 1 aliphatic heterocycles. The number of nitrogens with two attached hydrogens (primary N) is 1. The van der Waals surface area contributed by atoms with Gasteiger partial charge in [0.1, 0.15) is 6.04 Å². The highest BCUT2D eigenvalue weighted by Gasteiger charge is 2.26. The number of hydrogen-bond acceptors (Lipinski definition) is 3. The Balaban J connectivity index is 2.21. The van der Waals surface area contributed by atoms with Crippen molar-refractivity contribution in [3.8, 4) is 0 Å². The number of rotatable bonds is 3. The quantitative estimate of drug-likeness (QED) is 0.871. The minimum atomic E-state index is -0.315. The summed E-state index contributed by atoms with van der Waals surface area (Å²) in [5.41, 5.74) is 6.49. The molecule has 0 saturated carbocycles. The van der Waals surface area contributed by atoms with Crippen LogP contribution in [0.4, 0.5) is 0 Å². The van der Waals surface area contributed by atoms with E-state index < -0.39 is 0 Å². The Hall–Kier alpha value is -0.910. The van der Waals surface area contributed by atoms with Gasteiger partial charge in [0, 0.05) is 30.7 Å². The first-order valence-corrected chi connectivity index (χ1v) is 6.47. The van der Waals surface area contributed by atoms with Crippen LogP contribution in [-0.2, 0) is 4.79 Å². The minimum Gasteiger partial charge on any atom is -0.368 e. The molecule has 5 heteroatoms. The van der Waals surface area contributed by atoms with E-state index in [-0.39, 0.29) is 11.9 Å². The van der Waals surface area contributed by atoms with Crippen molar-refractivity contribution in [2.45, 2.75) is 6.04 Å². The molecule has 2 rings (SSSR count). The molecule has 0 radical (unpaired) electrons. The molecule has 0 aromatic heterocycles. The lowest BCUT2D eigenvalue weighted by atomic mass is 10.0. The van der Waals surface area contributed by atoms with E-state index >= 15 is 0 Å². The number of piperazine rings is 1. The summed E-state index contributed by atoms with van der Waals surface area (Å²) in [5.74, 6) is -0.283. The average Bonchev–Trinajstić information content (AvgIpc) is 2.33. The van der Waals surface area contributed by atoms with Gasteiger partial charge in [-0.05, 0) is 17.7 Å². The Morgan fingerprint density at radius 2 is 1.88 bits per heavy atom. The van der Waals surface area contributed by atoms with E-state index in [9.17, 15) is 4.79 Å². The summed E-state index contributed by atoms with van der Waals surface area (Å²) < 4.78 is 1.00. The predicted octanol–water partition coefficient (Wildman–Crippen LogP) is 0.881. The van der Waals surface area contributed by atoms with E-state index in [1.54, 1.807) is 0 Å². The largest absolute Gasteiger partial charge is 0.368 e. The van der Waals surface area contributed by atoms with Gasteiger partial charge in [0.2, 0.25) is 5.91 Å². The molecule has 3 N–H and O–H groups in total. The molecule has 1 heterocycles. The summed E-state index contributed by atoms with van der Waals surface area (Å²) in [4.78, 5) is 13.8. The smallest absolute Gasteiger partial charge is 0.239 e. The van der Waals surface area contributed by atoms with Gasteiger partial charge in [0.15, 0.2) is 0 Å². The highest BCUT2D eigenvalue weighted by Crippen LogP contribution is 2.22. The number of hydrogen-bond donors (Lipinski definition) is 2. The maximum absolute atomic E-state index is 11.6. The van der Waals surface area contributed by atoms with Crippen molar-refractivity contribution in [1.29, 1.82) is 0 Å². The molecule has 0 spiro atoms. The van der Waals surface area contributed by atoms with Crippen LogP contribution in [-0.4, -0.2) is 37.0 Å². The Labute approximate surface area is 109 Å². The van der Waals surface area contributed by atoms with Gasteiger partial charge in [-0.25, -0.2) is 0 Å². The average molecular weight is 298 g/mol. The fourth-order valence-electron chi connectivity index (χ4n) is 2.14. The molecule has 1 aliphatic rings. The molecule has 92 valence electrons. The second-order valence-corrected chi connectivity index (χ2v) is 5.06. The molecular weight excluding hydrogens is 282 g/mol. The predicted molar refractivity (Wildman–Crippen MR) is 70.5 cm³/mol. The molecule has 0 aliphatic carbocycles. The normalized spacial score (nSPS) is 18.9. The monoisotopic (exact) mass is 297 g/mol. The Morgan fingerprint density at radius 3 is 2.41 bits per heavy atom. The Bertz CT molecular complexity index is 387. The number of amides is 1. The number of carbonyl (C=O) groups excluding carboxylic acids is 1.